The molecule has 8 fully saturated rings. The summed E-state index contributed by atoms with van der Waals surface area (Å²) in [6.45, 7) is 6.44. The molecular weight excluding hydrogens is 1570 g/mol. The monoisotopic (exact) mass is 1680 g/mol. The highest BCUT2D eigenvalue weighted by molar-refractivity contribution is 6.09. The second-order valence-electron chi connectivity index (χ2n) is 39.7. The second kappa shape index (κ2) is 30.1. The molecule has 4 heteroatoms. The van der Waals surface area contributed by atoms with Crippen LogP contribution in [0.15, 0.2) is 394 Å². The molecular formula is C126H102FN3. The molecule has 0 saturated heterocycles. The van der Waals surface area contributed by atoms with Crippen LogP contribution in [0.4, 0.5) is 38.5 Å². The number of rotatable bonds is 13. The van der Waals surface area contributed by atoms with Crippen molar-refractivity contribution in [3.63, 3.8) is 0 Å². The number of aromatic nitrogens is 1. The fourth-order valence-corrected chi connectivity index (χ4v) is 27.6. The fourth-order valence-electron chi connectivity index (χ4n) is 27.6. The zero-order valence-electron chi connectivity index (χ0n) is 78.6. The largest absolute Gasteiger partial charge is 0.311 e. The highest BCUT2D eigenvalue weighted by Crippen LogP contribution is 2.72. The van der Waals surface area contributed by atoms with Crippen LogP contribution in [0.3, 0.4) is 0 Å². The lowest BCUT2D eigenvalue weighted by Crippen LogP contribution is -2.55. The van der Waals surface area contributed by atoms with Crippen LogP contribution in [-0.4, -0.2) is 4.57 Å². The lowest BCUT2D eigenvalue weighted by molar-refractivity contribution is -0.0399. The third kappa shape index (κ3) is 12.0. The van der Waals surface area contributed by atoms with Crippen LogP contribution in [0.1, 0.15) is 124 Å². The summed E-state index contributed by atoms with van der Waals surface area (Å²) in [5, 5.41) is 2.47. The van der Waals surface area contributed by atoms with Crippen LogP contribution in [0.5, 0.6) is 0 Å². The maximum absolute atomic E-state index is 15.3. The van der Waals surface area contributed by atoms with Gasteiger partial charge in [-0.1, -0.05) is 293 Å². The molecule has 18 aromatic rings. The predicted octanol–water partition coefficient (Wildman–Crippen LogP) is 33.6. The first-order chi connectivity index (χ1) is 66.0. The number of nitrogens with zero attached hydrogens (tertiary/aromatic N) is 3. The third-order valence-electron chi connectivity index (χ3n) is 32.8. The molecule has 29 rings (SSSR count). The van der Waals surface area contributed by atoms with E-state index in [2.05, 4.69) is 350 Å². The van der Waals surface area contributed by atoms with Gasteiger partial charge in [-0.25, -0.2) is 4.39 Å². The molecule has 0 unspecified atom stereocenters. The number of halogens is 1. The van der Waals surface area contributed by atoms with Crippen molar-refractivity contribution >= 4 is 55.9 Å². The van der Waals surface area contributed by atoms with Crippen molar-refractivity contribution in [2.45, 2.75) is 101 Å². The molecule has 1 heterocycles. The van der Waals surface area contributed by atoms with Crippen LogP contribution in [0.2, 0.25) is 0 Å². The molecule has 17 aromatic carbocycles. The maximum atomic E-state index is 15.3. The zero-order valence-corrected chi connectivity index (χ0v) is 73.6. The molecule has 1 aromatic heterocycles. The quantitative estimate of drug-likeness (QED) is 0.114. The van der Waals surface area contributed by atoms with E-state index >= 15 is 4.39 Å². The van der Waals surface area contributed by atoms with Gasteiger partial charge in [-0.3, -0.25) is 0 Å². The van der Waals surface area contributed by atoms with Crippen LogP contribution in [-0.2, 0) is 16.2 Å². The average Bonchev–Trinajstić information content (AvgIpc) is 1.54. The first-order valence-electron chi connectivity index (χ1n) is 49.9. The molecule has 11 aliphatic carbocycles. The van der Waals surface area contributed by atoms with Gasteiger partial charge in [0.05, 0.1) is 17.9 Å². The molecule has 11 aliphatic rings. The number of hydrogen-bond donors (Lipinski definition) is 0. The summed E-state index contributed by atoms with van der Waals surface area (Å²) >= 11 is 0. The number of benzene rings is 17. The smallest absolute Gasteiger partial charge is 0.128 e. The predicted molar refractivity (Wildman–Crippen MR) is 538 cm³/mol. The zero-order chi connectivity index (χ0) is 90.6. The molecule has 3 nitrogen and oxygen atoms in total. The van der Waals surface area contributed by atoms with Gasteiger partial charge in [-0.05, 0) is 373 Å². The van der Waals surface area contributed by atoms with Crippen LogP contribution < -0.4 is 9.80 Å². The average molecular weight is 1680 g/mol. The van der Waals surface area contributed by atoms with Gasteiger partial charge in [-0.15, -0.1) is 0 Å². The number of para-hydroxylation sites is 2. The SMILES string of the molecule is Cc1ccc(N(c2ccc(-c3ccccc3-c3ccc4c(c3)-c3ccccc3C43C4CC5CC(C4)CC3C5)cc2)c2ccc(-n3c4ccccc4c4ccccc43)cc2)cc1F.[2H]c1c([2H])c([2H])c(-c2ccc(N(c3ccc(-c4ccc5c(c4)-c4ccccc4C5(C)C)cc3)c3ccc(-c4ccccc4-c4ccc5c(c4)-c4ccccc4C54C5CC6CC(C5)CC4C6)cc3)cc2)c([2H])c1[2H]. The molecule has 0 radical (unpaired) electrons. The molecule has 0 N–H and O–H groups in total. The van der Waals surface area contributed by atoms with Gasteiger partial charge < -0.3 is 14.4 Å². The molecule has 0 amide bonds. The van der Waals surface area contributed by atoms with Gasteiger partial charge in [-0.2, -0.15) is 0 Å². The Balaban J connectivity index is 0.000000142. The summed E-state index contributed by atoms with van der Waals surface area (Å²) < 4.78 is 59.8. The van der Waals surface area contributed by atoms with Crippen molar-refractivity contribution in [2.75, 3.05) is 9.80 Å². The topological polar surface area (TPSA) is 11.4 Å². The second-order valence-corrected chi connectivity index (χ2v) is 39.7. The van der Waals surface area contributed by atoms with E-state index in [1.165, 1.54) is 164 Å². The highest BCUT2D eigenvalue weighted by Gasteiger charge is 2.63. The number of anilines is 6. The normalized spacial score (nSPS) is 22.4. The Hall–Kier alpha value is -13.9. The van der Waals surface area contributed by atoms with E-state index in [-0.39, 0.29) is 51.8 Å². The first kappa shape index (κ1) is 72.0. The molecule has 0 aliphatic heterocycles. The van der Waals surface area contributed by atoms with E-state index in [9.17, 15) is 0 Å². The van der Waals surface area contributed by atoms with Gasteiger partial charge in [0.25, 0.3) is 0 Å². The van der Waals surface area contributed by atoms with Gasteiger partial charge in [0, 0.05) is 66.8 Å². The Bertz CT molecular complexity index is 7740. The van der Waals surface area contributed by atoms with E-state index in [0.717, 1.165) is 109 Å². The standard InChI is InChI=1S/C67H55N.C59H47FN2/c1-66(2)62-18-10-8-16-58(62)60-41-49(26-34-63(60)66)47-22-30-54(31-23-47)68(53-28-20-46(21-29-53)45-12-4-3-5-13-45)55-32-24-48(25-33-55)56-14-6-7-15-57(56)50-27-35-65-61(42-50)59-17-9-11-19-64(59)67(65)51-37-43-36-44(39-51)40-52(67)38-43;1-37-18-22-47(36-56(37)60)61(45-25-27-46(28-26-45)62-57-16-8-5-13-51(57)52-14-6-9-17-58(52)62)44-23-19-40(20-24-44)48-10-2-3-11-49(48)41-21-29-55-53(35-41)50-12-4-7-15-54(50)59(55)42-31-38-30-39(33-42)34-43(59)32-38/h3-35,41-44,51-52H,36-40H2,1-2H3;2-29,35-36,38-39,42-43H,30-34H2,1H3/i3D,4D,5D,12D,13D;. The van der Waals surface area contributed by atoms with E-state index in [4.69, 9.17) is 6.85 Å². The van der Waals surface area contributed by atoms with Gasteiger partial charge >= 0.3 is 0 Å². The van der Waals surface area contributed by atoms with E-state index in [1.807, 2.05) is 43.3 Å². The molecule has 8 bridgehead atoms. The minimum atomic E-state index is -0.395. The minimum Gasteiger partial charge on any atom is -0.311 e. The molecule has 2 spiro atoms. The Morgan fingerprint density at radius 3 is 1.02 bits per heavy atom. The molecule has 130 heavy (non-hydrogen) atoms. The van der Waals surface area contributed by atoms with Crippen LogP contribution in [0.25, 0.3) is 128 Å². The summed E-state index contributed by atoms with van der Waals surface area (Å²) in [6, 6.07) is 131. The van der Waals surface area contributed by atoms with E-state index in [0.29, 0.717) is 11.1 Å². The lowest BCUT2D eigenvalue weighted by Gasteiger charge is -2.61. The highest BCUT2D eigenvalue weighted by atomic mass is 19.1. The third-order valence-corrected chi connectivity index (χ3v) is 32.8. The Kier molecular flexibility index (Phi) is 16.7. The van der Waals surface area contributed by atoms with Crippen molar-refractivity contribution < 1.29 is 11.2 Å². The summed E-state index contributed by atoms with van der Waals surface area (Å²) in [6.07, 6.45) is 14.0. The first-order valence-corrected chi connectivity index (χ1v) is 47.4. The fraction of sp³-hybridized carbons (Fsp3) is 0.190. The Morgan fingerprint density at radius 2 is 0.577 bits per heavy atom. The summed E-state index contributed by atoms with van der Waals surface area (Å²) in [4.78, 5) is 4.39. The van der Waals surface area contributed by atoms with Crippen LogP contribution >= 0.6 is 0 Å². The van der Waals surface area contributed by atoms with Gasteiger partial charge in [0.2, 0.25) is 0 Å². The minimum absolute atomic E-state index is 0.0589. The van der Waals surface area contributed by atoms with Crippen LogP contribution in [0, 0.1) is 60.1 Å². The Labute approximate surface area is 769 Å². The van der Waals surface area contributed by atoms with Crippen molar-refractivity contribution in [3.8, 4) is 106 Å². The van der Waals surface area contributed by atoms with Gasteiger partial charge in [0.15, 0.2) is 0 Å². The van der Waals surface area contributed by atoms with Crippen molar-refractivity contribution in [1.29, 1.82) is 0 Å². The van der Waals surface area contributed by atoms with E-state index < -0.39 is 6.04 Å². The van der Waals surface area contributed by atoms with Crippen molar-refractivity contribution in [3.05, 3.63) is 439 Å². The lowest BCUT2D eigenvalue weighted by atomic mass is 9.43. The molecule has 628 valence electrons. The molecule has 8 saturated carbocycles. The van der Waals surface area contributed by atoms with Crippen molar-refractivity contribution in [1.82, 2.24) is 4.57 Å². The summed E-state index contributed by atoms with van der Waals surface area (Å²) in [7, 11) is 0. The number of aryl methyl sites for hydroxylation is 1. The summed E-state index contributed by atoms with van der Waals surface area (Å²) in [5.74, 6) is 6.44. The van der Waals surface area contributed by atoms with Gasteiger partial charge in [0.1, 0.15) is 5.82 Å². The molecule has 0 atom stereocenters. The number of hydrogen-bond acceptors (Lipinski definition) is 2. The van der Waals surface area contributed by atoms with Crippen molar-refractivity contribution in [2.24, 2.45) is 47.3 Å². The number of fused-ring (bicyclic) bond motifs is 12. The van der Waals surface area contributed by atoms with E-state index in [1.54, 1.807) is 28.3 Å². The maximum Gasteiger partial charge on any atom is 0.128 e. The summed E-state index contributed by atoms with van der Waals surface area (Å²) in [5.41, 5.74) is 39.9. The Morgan fingerprint density at radius 1 is 0.269 bits per heavy atom.